The van der Waals surface area contributed by atoms with Gasteiger partial charge in [0.15, 0.2) is 0 Å². The number of amides is 1. The van der Waals surface area contributed by atoms with Crippen LogP contribution in [-0.4, -0.2) is 68.7 Å². The molecule has 0 radical (unpaired) electrons. The zero-order valence-corrected chi connectivity index (χ0v) is 38.6. The van der Waals surface area contributed by atoms with E-state index in [1.807, 2.05) is 25.7 Å². The molecular formula is C43H85NO5Si2. The largest absolute Gasteiger partial charge is 0.444 e. The van der Waals surface area contributed by atoms with Crippen LogP contribution in [0.25, 0.3) is 0 Å². The van der Waals surface area contributed by atoms with Gasteiger partial charge in [0.25, 0.3) is 0 Å². The Hall–Kier alpha value is -0.896. The zero-order chi connectivity index (χ0) is 39.3. The predicted molar refractivity (Wildman–Crippen MR) is 224 cm³/mol. The van der Waals surface area contributed by atoms with Crippen molar-refractivity contribution in [2.75, 3.05) is 0 Å². The maximum absolute atomic E-state index is 13.8. The molecule has 51 heavy (non-hydrogen) atoms. The van der Waals surface area contributed by atoms with E-state index in [-0.39, 0.29) is 30.4 Å². The third kappa shape index (κ3) is 13.4. The summed E-state index contributed by atoms with van der Waals surface area (Å²) in [5.74, 6) is 0. The van der Waals surface area contributed by atoms with Gasteiger partial charge in [-0.15, -0.1) is 5.73 Å². The zero-order valence-electron chi connectivity index (χ0n) is 36.6. The van der Waals surface area contributed by atoms with E-state index in [1.54, 1.807) is 0 Å². The average Bonchev–Trinajstić information content (AvgIpc) is 2.99. The van der Waals surface area contributed by atoms with Crippen LogP contribution in [0.1, 0.15) is 182 Å². The van der Waals surface area contributed by atoms with E-state index in [9.17, 15) is 9.90 Å². The maximum Gasteiger partial charge on any atom is 0.410 e. The summed E-state index contributed by atoms with van der Waals surface area (Å²) in [5, 5.41) is 11.7. The van der Waals surface area contributed by atoms with Crippen LogP contribution in [0.4, 0.5) is 4.79 Å². The molecule has 0 aromatic heterocycles. The molecule has 0 aromatic carbocycles. The molecule has 0 aromatic rings. The predicted octanol–water partition coefficient (Wildman–Crippen LogP) is 13.1. The summed E-state index contributed by atoms with van der Waals surface area (Å²) in [7, 11) is -4.21. The Morgan fingerprint density at radius 2 is 1.31 bits per heavy atom. The number of hydrogen-bond acceptors (Lipinski definition) is 5. The molecule has 1 rings (SSSR count). The van der Waals surface area contributed by atoms with E-state index in [0.29, 0.717) is 52.5 Å². The Morgan fingerprint density at radius 3 is 1.78 bits per heavy atom. The Bertz CT molecular complexity index is 1020. The van der Waals surface area contributed by atoms with Gasteiger partial charge in [-0.2, -0.15) is 0 Å². The third-order valence-electron chi connectivity index (χ3n) is 11.9. The molecule has 1 amide bonds. The van der Waals surface area contributed by atoms with Gasteiger partial charge in [0.05, 0.1) is 30.4 Å². The van der Waals surface area contributed by atoms with E-state index in [0.717, 1.165) is 12.8 Å². The second-order valence-corrected chi connectivity index (χ2v) is 29.4. The first kappa shape index (κ1) is 48.1. The van der Waals surface area contributed by atoms with E-state index >= 15 is 0 Å². The van der Waals surface area contributed by atoms with Gasteiger partial charge in [0.2, 0.25) is 16.6 Å². The van der Waals surface area contributed by atoms with Crippen molar-refractivity contribution in [1.29, 1.82) is 0 Å². The number of rotatable bonds is 21. The molecule has 6 nitrogen and oxygen atoms in total. The summed E-state index contributed by atoms with van der Waals surface area (Å²) in [4.78, 5) is 15.6. The second-order valence-electron chi connectivity index (χ2n) is 18.6. The lowest BCUT2D eigenvalue weighted by Gasteiger charge is -2.51. The molecule has 1 aliphatic heterocycles. The molecular weight excluding hydrogens is 667 g/mol. The molecule has 1 aliphatic rings. The molecule has 1 fully saturated rings. The third-order valence-corrected chi connectivity index (χ3v) is 24.1. The number of aliphatic hydroxyl groups excluding tert-OH is 1. The Kier molecular flexibility index (Phi) is 20.6. The van der Waals surface area contributed by atoms with Crippen molar-refractivity contribution in [2.45, 2.75) is 251 Å². The summed E-state index contributed by atoms with van der Waals surface area (Å²) in [6.45, 7) is 38.0. The quantitative estimate of drug-likeness (QED) is 0.0718. The summed E-state index contributed by atoms with van der Waals surface area (Å²) in [5.41, 5.74) is 5.81. The van der Waals surface area contributed by atoms with Crippen molar-refractivity contribution in [3.63, 3.8) is 0 Å². The first-order valence-electron chi connectivity index (χ1n) is 21.1. The van der Waals surface area contributed by atoms with Gasteiger partial charge in [-0.1, -0.05) is 122 Å². The maximum atomic E-state index is 13.8. The number of hydrogen-bond donors (Lipinski definition) is 1. The van der Waals surface area contributed by atoms with Crippen LogP contribution in [-0.2, 0) is 13.6 Å². The van der Waals surface area contributed by atoms with Crippen LogP contribution in [0.5, 0.6) is 0 Å². The van der Waals surface area contributed by atoms with Gasteiger partial charge in [-0.05, 0) is 105 Å². The van der Waals surface area contributed by atoms with Crippen LogP contribution < -0.4 is 0 Å². The van der Waals surface area contributed by atoms with Gasteiger partial charge in [-0.3, -0.25) is 4.90 Å². The van der Waals surface area contributed by atoms with Crippen LogP contribution >= 0.6 is 0 Å². The van der Waals surface area contributed by atoms with Crippen molar-refractivity contribution in [3.8, 4) is 0 Å². The lowest BCUT2D eigenvalue weighted by molar-refractivity contribution is -0.0644. The highest BCUT2D eigenvalue weighted by Gasteiger charge is 2.51. The van der Waals surface area contributed by atoms with Crippen molar-refractivity contribution in [2.24, 2.45) is 0 Å². The topological polar surface area (TPSA) is 68.2 Å². The fourth-order valence-electron chi connectivity index (χ4n) is 9.52. The molecule has 300 valence electrons. The number of ether oxygens (including phenoxy) is 1. The van der Waals surface area contributed by atoms with Crippen LogP contribution in [0.2, 0.25) is 33.2 Å². The molecule has 8 heteroatoms. The number of carbonyl (C=O) groups excluding carboxylic acids is 1. The molecule has 1 saturated heterocycles. The molecule has 0 saturated carbocycles. The highest BCUT2D eigenvalue weighted by Crippen LogP contribution is 2.46. The molecule has 1 heterocycles. The monoisotopic (exact) mass is 752 g/mol. The molecule has 0 unspecified atom stereocenters. The van der Waals surface area contributed by atoms with E-state index < -0.39 is 28.3 Å². The SMILES string of the molecule is CCCCCCC[C@@H](C=C=CCC[C@@H](O)[C@H]1CC[C@@H](O[Si](C(C)C)(C(C)C)C(C)C)[C@H](C)N1C(=O)OC(C)(C)C)O[Si](C(C)C)(C(C)C)C(C)C. The van der Waals surface area contributed by atoms with Gasteiger partial charge in [-0.25, -0.2) is 4.79 Å². The minimum atomic E-state index is -2.17. The molecule has 1 N–H and O–H groups in total. The van der Waals surface area contributed by atoms with Crippen molar-refractivity contribution in [1.82, 2.24) is 4.90 Å². The van der Waals surface area contributed by atoms with Gasteiger partial charge >= 0.3 is 6.09 Å². The molecule has 0 spiro atoms. The molecule has 5 atom stereocenters. The van der Waals surface area contributed by atoms with E-state index in [1.165, 1.54) is 32.1 Å². The number of piperidine rings is 1. The lowest BCUT2D eigenvalue weighted by atomic mass is 9.89. The molecule has 0 bridgehead atoms. The van der Waals surface area contributed by atoms with E-state index in [2.05, 4.69) is 115 Å². The van der Waals surface area contributed by atoms with E-state index in [4.69, 9.17) is 13.6 Å². The first-order chi connectivity index (χ1) is 23.6. The van der Waals surface area contributed by atoms with Gasteiger partial charge in [0, 0.05) is 0 Å². The highest BCUT2D eigenvalue weighted by molar-refractivity contribution is 6.78. The second kappa shape index (κ2) is 21.9. The Balaban J connectivity index is 3.25. The molecule has 0 aliphatic carbocycles. The summed E-state index contributed by atoms with van der Waals surface area (Å²) >= 11 is 0. The number of nitrogens with zero attached hydrogens (tertiary/aromatic N) is 1. The van der Waals surface area contributed by atoms with Crippen LogP contribution in [0.3, 0.4) is 0 Å². The average molecular weight is 752 g/mol. The smallest absolute Gasteiger partial charge is 0.410 e. The Morgan fingerprint density at radius 1 is 0.804 bits per heavy atom. The number of carbonyl (C=O) groups is 1. The summed E-state index contributed by atoms with van der Waals surface area (Å²) in [6, 6.07) is -0.524. The summed E-state index contributed by atoms with van der Waals surface area (Å²) in [6.07, 6.45) is 13.2. The normalized spacial score (nSPS) is 20.5. The minimum Gasteiger partial charge on any atom is -0.444 e. The fraction of sp³-hybridized carbons (Fsp3) is 0.907. The van der Waals surface area contributed by atoms with Crippen LogP contribution in [0, 0.1) is 0 Å². The number of aliphatic hydroxyl groups is 1. The summed E-state index contributed by atoms with van der Waals surface area (Å²) < 4.78 is 20.4. The minimum absolute atomic E-state index is 0.0589. The van der Waals surface area contributed by atoms with Crippen molar-refractivity contribution >= 4 is 22.7 Å². The van der Waals surface area contributed by atoms with Gasteiger partial charge in [0.1, 0.15) is 5.60 Å². The van der Waals surface area contributed by atoms with Crippen LogP contribution in [0.15, 0.2) is 17.9 Å². The fourth-order valence-corrected chi connectivity index (χ4v) is 20.7. The number of unbranched alkanes of at least 4 members (excludes halogenated alkanes) is 4. The first-order valence-corrected chi connectivity index (χ1v) is 25.3. The number of likely N-dealkylation sites (tertiary alicyclic amines) is 1. The lowest BCUT2D eigenvalue weighted by Crippen LogP contribution is -2.62. The van der Waals surface area contributed by atoms with Crippen molar-refractivity contribution < 1.29 is 23.5 Å². The Labute approximate surface area is 319 Å². The van der Waals surface area contributed by atoms with Gasteiger partial charge < -0.3 is 18.7 Å². The van der Waals surface area contributed by atoms with Crippen molar-refractivity contribution in [3.05, 3.63) is 17.9 Å². The standard InChI is InChI=1S/C43H85NO5Si2/c1-18-19-20-21-23-26-38(48-50(31(2)3,32(4)5)33(6)7)27-24-22-25-28-40(45)39-29-30-41(37(14)44(39)42(46)47-43(15,16)17)49-51(34(8)9,35(10)11)36(12)13/h22,27,31-41,45H,18-21,23,25-26,28-30H2,1-17H3/t24?,37-,38-,39+,40+,41+/m0/s1. The highest BCUT2D eigenvalue weighted by atomic mass is 28.4.